The van der Waals surface area contributed by atoms with Gasteiger partial charge in [-0.15, -0.1) is 0 Å². The molecular formula is C12H22N4O2S2. The minimum absolute atomic E-state index is 0.355. The van der Waals surface area contributed by atoms with Crippen LogP contribution in [0, 0.1) is 6.92 Å². The van der Waals surface area contributed by atoms with Crippen molar-refractivity contribution in [1.29, 1.82) is 0 Å². The topological polar surface area (TPSA) is 78.1 Å². The van der Waals surface area contributed by atoms with Crippen molar-refractivity contribution < 1.29 is 8.42 Å². The molecule has 2 heterocycles. The van der Waals surface area contributed by atoms with Crippen LogP contribution in [0.5, 0.6) is 0 Å². The van der Waals surface area contributed by atoms with Gasteiger partial charge < -0.3 is 5.32 Å². The average molecular weight is 318 g/mol. The van der Waals surface area contributed by atoms with E-state index in [9.17, 15) is 8.42 Å². The molecule has 2 N–H and O–H groups in total. The maximum absolute atomic E-state index is 12.8. The first kappa shape index (κ1) is 15.8. The second kappa shape index (κ2) is 6.93. The number of nitrogens with one attached hydrogen (secondary N) is 2. The molecule has 0 aromatic carbocycles. The van der Waals surface area contributed by atoms with Gasteiger partial charge in [-0.25, -0.2) is 8.42 Å². The third-order valence-corrected chi connectivity index (χ3v) is 6.29. The van der Waals surface area contributed by atoms with Gasteiger partial charge in [-0.2, -0.15) is 21.2 Å². The van der Waals surface area contributed by atoms with Crippen LogP contribution in [0.25, 0.3) is 0 Å². The van der Waals surface area contributed by atoms with Gasteiger partial charge in [0, 0.05) is 31.1 Å². The molecule has 114 valence electrons. The number of aromatic amines is 1. The van der Waals surface area contributed by atoms with Gasteiger partial charge in [0.05, 0.1) is 11.4 Å². The molecule has 6 nitrogen and oxygen atoms in total. The lowest BCUT2D eigenvalue weighted by atomic mass is 10.3. The molecule has 1 aromatic heterocycles. The number of sulfonamides is 1. The maximum Gasteiger partial charge on any atom is 0.246 e. The highest BCUT2D eigenvalue weighted by molar-refractivity contribution is 7.99. The quantitative estimate of drug-likeness (QED) is 0.764. The van der Waals surface area contributed by atoms with E-state index in [1.54, 1.807) is 23.0 Å². The Balaban J connectivity index is 2.23. The lowest BCUT2D eigenvalue weighted by Gasteiger charge is -2.25. The highest BCUT2D eigenvalue weighted by atomic mass is 32.2. The lowest BCUT2D eigenvalue weighted by Crippen LogP contribution is -2.38. The van der Waals surface area contributed by atoms with Crippen molar-refractivity contribution in [3.8, 4) is 0 Å². The Labute approximate surface area is 124 Å². The van der Waals surface area contributed by atoms with Crippen molar-refractivity contribution >= 4 is 21.8 Å². The number of hydrogen-bond donors (Lipinski definition) is 2. The molecule has 0 radical (unpaired) electrons. The van der Waals surface area contributed by atoms with E-state index >= 15 is 0 Å². The van der Waals surface area contributed by atoms with Gasteiger partial charge in [0.1, 0.15) is 4.90 Å². The highest BCUT2D eigenvalue weighted by Gasteiger charge is 2.31. The van der Waals surface area contributed by atoms with Crippen molar-refractivity contribution in [2.24, 2.45) is 0 Å². The molecule has 0 spiro atoms. The molecule has 0 atom stereocenters. The van der Waals surface area contributed by atoms with Crippen LogP contribution in [0.15, 0.2) is 4.90 Å². The average Bonchev–Trinajstić information content (AvgIpc) is 2.82. The van der Waals surface area contributed by atoms with E-state index in [4.69, 9.17) is 0 Å². The molecular weight excluding hydrogens is 296 g/mol. The first-order valence-electron chi connectivity index (χ1n) is 6.89. The van der Waals surface area contributed by atoms with Crippen molar-refractivity contribution in [3.05, 3.63) is 11.4 Å². The Morgan fingerprint density at radius 1 is 1.40 bits per heavy atom. The second-order valence-corrected chi connectivity index (χ2v) is 7.92. The largest absolute Gasteiger partial charge is 0.311 e. The van der Waals surface area contributed by atoms with Crippen LogP contribution in [-0.2, 0) is 16.6 Å². The van der Waals surface area contributed by atoms with Crippen LogP contribution in [0.3, 0.4) is 0 Å². The standard InChI is InChI=1S/C12H22N4O2S2/c1-3-4-13-9-11-12(10(2)14-15-11)20(17,18)16-5-7-19-8-6-16/h13H,3-9H2,1-2H3,(H,14,15). The van der Waals surface area contributed by atoms with E-state index in [0.29, 0.717) is 35.9 Å². The fourth-order valence-electron chi connectivity index (χ4n) is 2.23. The first-order valence-corrected chi connectivity index (χ1v) is 9.49. The van der Waals surface area contributed by atoms with Gasteiger partial charge in [0.15, 0.2) is 0 Å². The molecule has 0 bridgehead atoms. The number of H-pyrrole nitrogens is 1. The number of nitrogens with zero attached hydrogens (tertiary/aromatic N) is 2. The first-order chi connectivity index (χ1) is 9.57. The SMILES string of the molecule is CCCNCc1n[nH]c(C)c1S(=O)(=O)N1CCSCC1. The van der Waals surface area contributed by atoms with Crippen LogP contribution in [0.1, 0.15) is 24.7 Å². The summed E-state index contributed by atoms with van der Waals surface area (Å²) in [6.07, 6.45) is 1.01. The van der Waals surface area contributed by atoms with Gasteiger partial charge in [-0.05, 0) is 19.9 Å². The van der Waals surface area contributed by atoms with Gasteiger partial charge in [-0.3, -0.25) is 5.10 Å². The molecule has 0 unspecified atom stereocenters. The summed E-state index contributed by atoms with van der Waals surface area (Å²) in [5.74, 6) is 1.72. The van der Waals surface area contributed by atoms with Crippen LogP contribution in [-0.4, -0.2) is 54.1 Å². The monoisotopic (exact) mass is 318 g/mol. The zero-order valence-electron chi connectivity index (χ0n) is 12.0. The van der Waals surface area contributed by atoms with Gasteiger partial charge >= 0.3 is 0 Å². The summed E-state index contributed by atoms with van der Waals surface area (Å²) in [5, 5.41) is 10.2. The Kier molecular flexibility index (Phi) is 5.48. The molecule has 1 fully saturated rings. The van der Waals surface area contributed by atoms with Crippen LogP contribution in [0.4, 0.5) is 0 Å². The zero-order valence-corrected chi connectivity index (χ0v) is 13.6. The highest BCUT2D eigenvalue weighted by Crippen LogP contribution is 2.24. The Morgan fingerprint density at radius 2 is 2.10 bits per heavy atom. The zero-order chi connectivity index (χ0) is 14.6. The molecule has 8 heteroatoms. The molecule has 1 aliphatic heterocycles. The van der Waals surface area contributed by atoms with E-state index < -0.39 is 10.0 Å². The summed E-state index contributed by atoms with van der Waals surface area (Å²) in [6, 6.07) is 0. The molecule has 1 saturated heterocycles. The van der Waals surface area contributed by atoms with Crippen molar-refractivity contribution in [3.63, 3.8) is 0 Å². The summed E-state index contributed by atoms with van der Waals surface area (Å²) in [6.45, 7) is 6.34. The van der Waals surface area contributed by atoms with Crippen molar-refractivity contribution in [2.75, 3.05) is 31.1 Å². The Morgan fingerprint density at radius 3 is 2.75 bits per heavy atom. The van der Waals surface area contributed by atoms with Gasteiger partial charge in [0.2, 0.25) is 10.0 Å². The van der Waals surface area contributed by atoms with Crippen LogP contribution >= 0.6 is 11.8 Å². The van der Waals surface area contributed by atoms with Crippen molar-refractivity contribution in [2.45, 2.75) is 31.7 Å². The van der Waals surface area contributed by atoms with Gasteiger partial charge in [0.25, 0.3) is 0 Å². The Hall–Kier alpha value is -0.570. The predicted octanol–water partition coefficient (Wildman–Crippen LogP) is 0.955. The minimum Gasteiger partial charge on any atom is -0.311 e. The summed E-state index contributed by atoms with van der Waals surface area (Å²) in [4.78, 5) is 0.355. The summed E-state index contributed by atoms with van der Waals surface area (Å²) in [5.41, 5.74) is 1.21. The summed E-state index contributed by atoms with van der Waals surface area (Å²) < 4.78 is 27.1. The van der Waals surface area contributed by atoms with Crippen LogP contribution in [0.2, 0.25) is 0 Å². The predicted molar refractivity (Wildman–Crippen MR) is 81.4 cm³/mol. The Bertz CT molecular complexity index is 536. The van der Waals surface area contributed by atoms with E-state index in [-0.39, 0.29) is 0 Å². The second-order valence-electron chi connectivity index (χ2n) is 4.82. The minimum atomic E-state index is -3.43. The fraction of sp³-hybridized carbons (Fsp3) is 0.750. The smallest absolute Gasteiger partial charge is 0.246 e. The number of hydrogen-bond acceptors (Lipinski definition) is 5. The summed E-state index contributed by atoms with van der Waals surface area (Å²) in [7, 11) is -3.43. The molecule has 0 aliphatic carbocycles. The number of rotatable bonds is 6. The third-order valence-electron chi connectivity index (χ3n) is 3.25. The molecule has 0 amide bonds. The van der Waals surface area contributed by atoms with E-state index in [1.807, 2.05) is 0 Å². The van der Waals surface area contributed by atoms with Gasteiger partial charge in [-0.1, -0.05) is 6.92 Å². The normalized spacial score (nSPS) is 17.5. The molecule has 20 heavy (non-hydrogen) atoms. The summed E-state index contributed by atoms with van der Waals surface area (Å²) >= 11 is 1.80. The van der Waals surface area contributed by atoms with E-state index in [2.05, 4.69) is 22.4 Å². The molecule has 2 rings (SSSR count). The van der Waals surface area contributed by atoms with E-state index in [0.717, 1.165) is 24.5 Å². The number of aromatic nitrogens is 2. The third kappa shape index (κ3) is 3.36. The molecule has 1 aromatic rings. The van der Waals surface area contributed by atoms with Crippen LogP contribution < -0.4 is 5.32 Å². The van der Waals surface area contributed by atoms with E-state index in [1.165, 1.54) is 0 Å². The fourth-order valence-corrected chi connectivity index (χ4v) is 5.13. The molecule has 1 aliphatic rings. The number of aryl methyl sites for hydroxylation is 1. The number of thioether (sulfide) groups is 1. The maximum atomic E-state index is 12.8. The van der Waals surface area contributed by atoms with Crippen molar-refractivity contribution in [1.82, 2.24) is 19.8 Å². The molecule has 0 saturated carbocycles. The lowest BCUT2D eigenvalue weighted by molar-refractivity contribution is 0.442.